The summed E-state index contributed by atoms with van der Waals surface area (Å²) < 4.78 is 13.5. The molecule has 6 heteroatoms. The number of aromatic nitrogens is 3. The number of anilines is 2. The van der Waals surface area contributed by atoms with Gasteiger partial charge in [0.2, 0.25) is 11.9 Å². The Labute approximate surface area is 141 Å². The van der Waals surface area contributed by atoms with Crippen molar-refractivity contribution in [3.05, 3.63) is 41.7 Å². The Balaban J connectivity index is 1.70. The van der Waals surface area contributed by atoms with Gasteiger partial charge in [-0.05, 0) is 44.1 Å². The molecule has 0 amide bonds. The molecule has 24 heavy (non-hydrogen) atoms. The zero-order valence-corrected chi connectivity index (χ0v) is 14.0. The number of rotatable bonds is 7. The monoisotopic (exact) mass is 329 g/mol. The summed E-state index contributed by atoms with van der Waals surface area (Å²) in [6.45, 7) is 1.40. The van der Waals surface area contributed by atoms with Gasteiger partial charge in [0.15, 0.2) is 12.0 Å². The van der Waals surface area contributed by atoms with E-state index in [9.17, 15) is 4.39 Å². The predicted molar refractivity (Wildman–Crippen MR) is 93.3 cm³/mol. The van der Waals surface area contributed by atoms with E-state index in [2.05, 4.69) is 44.5 Å². The van der Waals surface area contributed by atoms with Gasteiger partial charge in [-0.25, -0.2) is 4.39 Å². The predicted octanol–water partition coefficient (Wildman–Crippen LogP) is 3.70. The summed E-state index contributed by atoms with van der Waals surface area (Å²) in [4.78, 5) is 12.2. The van der Waals surface area contributed by atoms with Crippen LogP contribution < -0.4 is 11.1 Å². The number of alkyl halides is 1. The average molecular weight is 329 g/mol. The highest BCUT2D eigenvalue weighted by Crippen LogP contribution is 2.33. The minimum absolute atomic E-state index is 0.0578. The van der Waals surface area contributed by atoms with Crippen molar-refractivity contribution in [2.75, 3.05) is 11.1 Å². The zero-order chi connectivity index (χ0) is 16.9. The van der Waals surface area contributed by atoms with Crippen LogP contribution in [-0.4, -0.2) is 21.0 Å². The van der Waals surface area contributed by atoms with Crippen LogP contribution in [0.1, 0.15) is 50.2 Å². The van der Waals surface area contributed by atoms with E-state index in [0.29, 0.717) is 11.9 Å². The van der Waals surface area contributed by atoms with Crippen LogP contribution in [0.5, 0.6) is 0 Å². The summed E-state index contributed by atoms with van der Waals surface area (Å²) in [5, 5.41) is 3.38. The van der Waals surface area contributed by atoms with Crippen LogP contribution in [0.2, 0.25) is 0 Å². The minimum Gasteiger partial charge on any atom is -0.368 e. The first-order valence-corrected chi connectivity index (χ1v) is 8.58. The second-order valence-corrected chi connectivity index (χ2v) is 6.46. The van der Waals surface area contributed by atoms with Crippen molar-refractivity contribution in [3.8, 4) is 0 Å². The smallest absolute Gasteiger partial charge is 0.228 e. The number of benzene rings is 1. The second-order valence-electron chi connectivity index (χ2n) is 6.46. The summed E-state index contributed by atoms with van der Waals surface area (Å²) >= 11 is 0. The van der Waals surface area contributed by atoms with Crippen molar-refractivity contribution in [2.24, 2.45) is 5.92 Å². The van der Waals surface area contributed by atoms with Gasteiger partial charge in [0.25, 0.3) is 0 Å². The molecule has 0 saturated heterocycles. The fraction of sp³-hybridized carbons (Fsp3) is 0.500. The molecule has 1 aromatic carbocycles. The number of aryl methyl sites for hydroxylation is 1. The van der Waals surface area contributed by atoms with Crippen LogP contribution in [-0.2, 0) is 6.42 Å². The van der Waals surface area contributed by atoms with Gasteiger partial charge in [0, 0.05) is 6.04 Å². The molecule has 128 valence electrons. The van der Waals surface area contributed by atoms with Crippen LogP contribution in [0.4, 0.5) is 16.3 Å². The SMILES string of the molecule is C[C@@H](F)c1nc(N)nc(N[C@H](CCc2ccccc2)C2CCC2)n1. The fourth-order valence-corrected chi connectivity index (χ4v) is 3.05. The molecule has 5 nitrogen and oxygen atoms in total. The zero-order valence-electron chi connectivity index (χ0n) is 14.0. The van der Waals surface area contributed by atoms with Gasteiger partial charge in [0.05, 0.1) is 0 Å². The molecule has 0 radical (unpaired) electrons. The lowest BCUT2D eigenvalue weighted by molar-refractivity contribution is 0.265. The van der Waals surface area contributed by atoms with E-state index in [1.165, 1.54) is 31.7 Å². The third-order valence-electron chi connectivity index (χ3n) is 4.65. The summed E-state index contributed by atoms with van der Waals surface area (Å²) in [5.74, 6) is 1.13. The third-order valence-corrected chi connectivity index (χ3v) is 4.65. The van der Waals surface area contributed by atoms with Crippen molar-refractivity contribution in [3.63, 3.8) is 0 Å². The quantitative estimate of drug-likeness (QED) is 0.810. The topological polar surface area (TPSA) is 76.7 Å². The molecule has 0 spiro atoms. The van der Waals surface area contributed by atoms with Crippen LogP contribution in [0.15, 0.2) is 30.3 Å². The Kier molecular flexibility index (Phi) is 5.23. The van der Waals surface area contributed by atoms with Gasteiger partial charge in [0.1, 0.15) is 0 Å². The largest absolute Gasteiger partial charge is 0.368 e. The first-order valence-electron chi connectivity index (χ1n) is 8.58. The average Bonchev–Trinajstić information content (AvgIpc) is 2.51. The molecule has 1 aliphatic rings. The Morgan fingerprint density at radius 2 is 1.96 bits per heavy atom. The molecule has 1 aromatic heterocycles. The first kappa shape index (κ1) is 16.6. The first-order chi connectivity index (χ1) is 11.6. The number of hydrogen-bond donors (Lipinski definition) is 2. The molecular weight excluding hydrogens is 305 g/mol. The van der Waals surface area contributed by atoms with Crippen molar-refractivity contribution < 1.29 is 4.39 Å². The second kappa shape index (κ2) is 7.55. The van der Waals surface area contributed by atoms with E-state index < -0.39 is 6.17 Å². The Morgan fingerprint density at radius 1 is 1.21 bits per heavy atom. The van der Waals surface area contributed by atoms with Gasteiger partial charge < -0.3 is 11.1 Å². The molecule has 1 aliphatic carbocycles. The van der Waals surface area contributed by atoms with Crippen molar-refractivity contribution in [1.29, 1.82) is 0 Å². The number of halogens is 1. The molecule has 2 aromatic rings. The van der Waals surface area contributed by atoms with Crippen LogP contribution in [0.3, 0.4) is 0 Å². The minimum atomic E-state index is -1.26. The maximum absolute atomic E-state index is 13.5. The number of nitrogens with two attached hydrogens (primary N) is 1. The lowest BCUT2D eigenvalue weighted by atomic mass is 9.78. The standard InChI is InChI=1S/C18H24FN5/c1-12(19)16-22-17(20)24-18(23-16)21-15(14-8-5-9-14)11-10-13-6-3-2-4-7-13/h2-4,6-7,12,14-15H,5,8-11H2,1H3,(H3,20,21,22,23,24)/t12-,15-/m1/s1. The van der Waals surface area contributed by atoms with Gasteiger partial charge in [-0.2, -0.15) is 15.0 Å². The molecule has 0 bridgehead atoms. The normalized spacial score (nSPS) is 17.1. The number of nitrogens with one attached hydrogen (secondary N) is 1. The third kappa shape index (κ3) is 4.19. The lowest BCUT2D eigenvalue weighted by Gasteiger charge is -2.34. The van der Waals surface area contributed by atoms with Crippen LogP contribution in [0.25, 0.3) is 0 Å². The molecule has 1 saturated carbocycles. The highest BCUT2D eigenvalue weighted by atomic mass is 19.1. The molecule has 3 rings (SSSR count). The Hall–Kier alpha value is -2.24. The fourth-order valence-electron chi connectivity index (χ4n) is 3.05. The van der Waals surface area contributed by atoms with Gasteiger partial charge in [-0.15, -0.1) is 0 Å². The van der Waals surface area contributed by atoms with Gasteiger partial charge >= 0.3 is 0 Å². The number of nitrogens with zero attached hydrogens (tertiary/aromatic N) is 3. The van der Waals surface area contributed by atoms with E-state index in [4.69, 9.17) is 5.73 Å². The maximum atomic E-state index is 13.5. The van der Waals surface area contributed by atoms with Crippen molar-refractivity contribution in [1.82, 2.24) is 15.0 Å². The van der Waals surface area contributed by atoms with E-state index in [1.54, 1.807) is 0 Å². The highest BCUT2D eigenvalue weighted by molar-refractivity contribution is 5.33. The van der Waals surface area contributed by atoms with E-state index >= 15 is 0 Å². The number of hydrogen-bond acceptors (Lipinski definition) is 5. The number of nitrogen functional groups attached to an aromatic ring is 1. The molecule has 1 fully saturated rings. The molecule has 2 atom stereocenters. The molecule has 0 unspecified atom stereocenters. The molecular formula is C18H24FN5. The van der Waals surface area contributed by atoms with Crippen LogP contribution >= 0.6 is 0 Å². The molecule has 0 aliphatic heterocycles. The van der Waals surface area contributed by atoms with E-state index in [1.807, 2.05) is 6.07 Å². The van der Waals surface area contributed by atoms with Gasteiger partial charge in [-0.1, -0.05) is 36.8 Å². The Bertz CT molecular complexity index is 658. The summed E-state index contributed by atoms with van der Waals surface area (Å²) in [6, 6.07) is 10.7. The summed E-state index contributed by atoms with van der Waals surface area (Å²) in [6.07, 6.45) is 4.39. The van der Waals surface area contributed by atoms with Gasteiger partial charge in [-0.3, -0.25) is 0 Å². The van der Waals surface area contributed by atoms with E-state index in [-0.39, 0.29) is 17.8 Å². The summed E-state index contributed by atoms with van der Waals surface area (Å²) in [7, 11) is 0. The lowest BCUT2D eigenvalue weighted by Crippen LogP contribution is -2.35. The molecule has 1 heterocycles. The highest BCUT2D eigenvalue weighted by Gasteiger charge is 2.28. The summed E-state index contributed by atoms with van der Waals surface area (Å²) in [5.41, 5.74) is 7.01. The van der Waals surface area contributed by atoms with E-state index in [0.717, 1.165) is 12.8 Å². The van der Waals surface area contributed by atoms with Crippen LogP contribution in [0, 0.1) is 5.92 Å². The van der Waals surface area contributed by atoms with Crippen molar-refractivity contribution >= 4 is 11.9 Å². The molecule has 3 N–H and O–H groups in total. The Morgan fingerprint density at radius 3 is 2.58 bits per heavy atom. The van der Waals surface area contributed by atoms with Crippen molar-refractivity contribution in [2.45, 2.75) is 51.2 Å². The maximum Gasteiger partial charge on any atom is 0.228 e.